The molecule has 1 amide bonds. The molecule has 1 aliphatic heterocycles. The molecule has 0 N–H and O–H groups in total. The van der Waals surface area contributed by atoms with Gasteiger partial charge in [-0.2, -0.15) is 5.10 Å². The maximum Gasteiger partial charge on any atom is 0.223 e. The predicted octanol–water partition coefficient (Wildman–Crippen LogP) is 3.98. The van der Waals surface area contributed by atoms with Gasteiger partial charge in [0.2, 0.25) is 5.91 Å². The molecule has 3 rings (SSSR count). The molecule has 23 heavy (non-hydrogen) atoms. The number of carbonyl (C=O) groups is 1. The summed E-state index contributed by atoms with van der Waals surface area (Å²) in [5.74, 6) is 0.760. The van der Waals surface area contributed by atoms with E-state index in [-0.39, 0.29) is 5.91 Å². The molecule has 0 saturated carbocycles. The predicted molar refractivity (Wildman–Crippen MR) is 95.2 cm³/mol. The Morgan fingerprint density at radius 2 is 2.13 bits per heavy atom. The van der Waals surface area contributed by atoms with E-state index < -0.39 is 0 Å². The molecule has 2 aromatic heterocycles. The zero-order valence-corrected chi connectivity index (χ0v) is 15.9. The first kappa shape index (κ1) is 17.9. The molecule has 3 heterocycles. The van der Waals surface area contributed by atoms with E-state index in [1.54, 1.807) is 10.7 Å². The minimum Gasteiger partial charge on any atom is -0.338 e. The summed E-state index contributed by atoms with van der Waals surface area (Å²) >= 11 is 3.40. The number of amides is 1. The number of likely N-dealkylation sites (tertiary alicyclic amines) is 1. The molecule has 1 unspecified atom stereocenters. The zero-order chi connectivity index (χ0) is 17.0. The van der Waals surface area contributed by atoms with Crippen LogP contribution in [0.3, 0.4) is 0 Å². The Morgan fingerprint density at radius 1 is 1.39 bits per heavy atom. The molecular formula is C17H25BrN4O. The summed E-state index contributed by atoms with van der Waals surface area (Å²) in [4.78, 5) is 18.6. The van der Waals surface area contributed by atoms with Crippen molar-refractivity contribution in [2.75, 3.05) is 6.54 Å². The van der Waals surface area contributed by atoms with Crippen LogP contribution in [0.2, 0.25) is 0 Å². The quantitative estimate of drug-likeness (QED) is 0.805. The van der Waals surface area contributed by atoms with E-state index >= 15 is 0 Å². The number of halogens is 1. The Kier molecular flexibility index (Phi) is 6.16. The van der Waals surface area contributed by atoms with Crippen LogP contribution in [-0.4, -0.2) is 31.9 Å². The van der Waals surface area contributed by atoms with E-state index in [9.17, 15) is 4.79 Å². The van der Waals surface area contributed by atoms with Crippen LogP contribution < -0.4 is 0 Å². The molecule has 126 valence electrons. The van der Waals surface area contributed by atoms with Gasteiger partial charge < -0.3 is 4.90 Å². The van der Waals surface area contributed by atoms with Crippen molar-refractivity contribution in [3.05, 3.63) is 28.1 Å². The highest BCUT2D eigenvalue weighted by molar-refractivity contribution is 9.10. The van der Waals surface area contributed by atoms with Crippen LogP contribution in [0.1, 0.15) is 51.3 Å². The van der Waals surface area contributed by atoms with E-state index in [2.05, 4.69) is 32.9 Å². The highest BCUT2D eigenvalue weighted by Gasteiger charge is 2.30. The lowest BCUT2D eigenvalue weighted by molar-refractivity contribution is -0.128. The molecule has 2 aromatic rings. The van der Waals surface area contributed by atoms with Crippen molar-refractivity contribution in [1.29, 1.82) is 0 Å². The van der Waals surface area contributed by atoms with E-state index in [1.165, 1.54) is 0 Å². The second-order valence-corrected chi connectivity index (χ2v) is 6.65. The molecule has 0 radical (unpaired) electrons. The van der Waals surface area contributed by atoms with E-state index in [0.717, 1.165) is 40.8 Å². The number of aromatic nitrogens is 3. The molecule has 1 atom stereocenters. The number of carbonyl (C=O) groups excluding carboxylic acids is 1. The van der Waals surface area contributed by atoms with Gasteiger partial charge in [0, 0.05) is 30.9 Å². The highest BCUT2D eigenvalue weighted by atomic mass is 79.9. The molecule has 0 aromatic carbocycles. The standard InChI is InChI=1S/C15H19BrN4O.C2H6/c1-3-4-11-5-14(21)19(7-11)9-13-10(2)18-20-8-12(16)6-17-15(13)20;1-2/h6,8,11H,3-5,7,9H2,1-2H3;1-2H3. The van der Waals surface area contributed by atoms with Crippen molar-refractivity contribution < 1.29 is 4.79 Å². The Hall–Kier alpha value is -1.43. The minimum absolute atomic E-state index is 0.254. The Morgan fingerprint density at radius 3 is 2.83 bits per heavy atom. The van der Waals surface area contributed by atoms with Crippen molar-refractivity contribution in [3.63, 3.8) is 0 Å². The normalized spacial score (nSPS) is 17.5. The third-order valence-corrected chi connectivity index (χ3v) is 4.49. The molecule has 6 heteroatoms. The van der Waals surface area contributed by atoms with Crippen molar-refractivity contribution in [1.82, 2.24) is 19.5 Å². The van der Waals surface area contributed by atoms with Gasteiger partial charge in [-0.25, -0.2) is 9.50 Å². The summed E-state index contributed by atoms with van der Waals surface area (Å²) in [6, 6.07) is 0. The number of rotatable bonds is 4. The summed E-state index contributed by atoms with van der Waals surface area (Å²) in [7, 11) is 0. The van der Waals surface area contributed by atoms with E-state index in [0.29, 0.717) is 18.9 Å². The van der Waals surface area contributed by atoms with Gasteiger partial charge in [-0.15, -0.1) is 0 Å². The van der Waals surface area contributed by atoms with Gasteiger partial charge in [0.15, 0.2) is 5.65 Å². The summed E-state index contributed by atoms with van der Waals surface area (Å²) in [5.41, 5.74) is 2.82. The first-order valence-electron chi connectivity index (χ1n) is 8.35. The molecule has 1 fully saturated rings. The van der Waals surface area contributed by atoms with E-state index in [1.807, 2.05) is 31.9 Å². The van der Waals surface area contributed by atoms with Crippen LogP contribution in [0, 0.1) is 12.8 Å². The fourth-order valence-electron chi connectivity index (χ4n) is 3.05. The average molecular weight is 381 g/mol. The SMILES string of the molecule is CC.CCCC1CC(=O)N(Cc2c(C)nn3cc(Br)cnc23)C1. The third-order valence-electron chi connectivity index (χ3n) is 4.08. The van der Waals surface area contributed by atoms with Crippen molar-refractivity contribution >= 4 is 27.5 Å². The first-order chi connectivity index (χ1) is 11.1. The van der Waals surface area contributed by atoms with Crippen LogP contribution >= 0.6 is 15.9 Å². The Labute approximate surface area is 146 Å². The van der Waals surface area contributed by atoms with Crippen molar-refractivity contribution in [2.45, 2.75) is 53.5 Å². The lowest BCUT2D eigenvalue weighted by atomic mass is 10.0. The van der Waals surface area contributed by atoms with Gasteiger partial charge in [0.05, 0.1) is 16.7 Å². The van der Waals surface area contributed by atoms with Gasteiger partial charge in [0.25, 0.3) is 0 Å². The molecule has 5 nitrogen and oxygen atoms in total. The fraction of sp³-hybridized carbons (Fsp3) is 0.588. The van der Waals surface area contributed by atoms with Crippen LogP contribution in [0.15, 0.2) is 16.9 Å². The summed E-state index contributed by atoms with van der Waals surface area (Å²) in [6.45, 7) is 9.62. The molecule has 1 aliphatic rings. The number of aryl methyl sites for hydroxylation is 1. The highest BCUT2D eigenvalue weighted by Crippen LogP contribution is 2.26. The van der Waals surface area contributed by atoms with Gasteiger partial charge in [-0.1, -0.05) is 27.2 Å². The smallest absolute Gasteiger partial charge is 0.223 e. The van der Waals surface area contributed by atoms with Gasteiger partial charge >= 0.3 is 0 Å². The van der Waals surface area contributed by atoms with Crippen LogP contribution in [0.25, 0.3) is 5.65 Å². The second-order valence-electron chi connectivity index (χ2n) is 5.74. The Bertz CT molecular complexity index is 683. The molecule has 0 bridgehead atoms. The van der Waals surface area contributed by atoms with Crippen LogP contribution in [0.4, 0.5) is 0 Å². The van der Waals surface area contributed by atoms with Crippen molar-refractivity contribution in [3.8, 4) is 0 Å². The van der Waals surface area contributed by atoms with E-state index in [4.69, 9.17) is 0 Å². The monoisotopic (exact) mass is 380 g/mol. The van der Waals surface area contributed by atoms with Gasteiger partial charge in [0.1, 0.15) is 0 Å². The molecular weight excluding hydrogens is 356 g/mol. The number of hydrogen-bond donors (Lipinski definition) is 0. The molecule has 1 saturated heterocycles. The lowest BCUT2D eigenvalue weighted by Gasteiger charge is -2.16. The second kappa shape index (κ2) is 7.90. The first-order valence-corrected chi connectivity index (χ1v) is 9.15. The van der Waals surface area contributed by atoms with Gasteiger partial charge in [-0.05, 0) is 35.2 Å². The number of hydrogen-bond acceptors (Lipinski definition) is 3. The zero-order valence-electron chi connectivity index (χ0n) is 14.3. The summed E-state index contributed by atoms with van der Waals surface area (Å²) in [5, 5.41) is 4.48. The average Bonchev–Trinajstić information content (AvgIpc) is 3.02. The summed E-state index contributed by atoms with van der Waals surface area (Å²) in [6.07, 6.45) is 6.61. The maximum absolute atomic E-state index is 12.2. The summed E-state index contributed by atoms with van der Waals surface area (Å²) < 4.78 is 2.67. The topological polar surface area (TPSA) is 50.5 Å². The number of nitrogens with zero attached hydrogens (tertiary/aromatic N) is 4. The largest absolute Gasteiger partial charge is 0.338 e. The lowest BCUT2D eigenvalue weighted by Crippen LogP contribution is -2.25. The molecule has 0 aliphatic carbocycles. The fourth-order valence-corrected chi connectivity index (χ4v) is 3.35. The minimum atomic E-state index is 0.254. The Balaban J connectivity index is 0.000000924. The van der Waals surface area contributed by atoms with Crippen LogP contribution in [-0.2, 0) is 11.3 Å². The van der Waals surface area contributed by atoms with Crippen molar-refractivity contribution in [2.24, 2.45) is 5.92 Å². The molecule has 0 spiro atoms. The third kappa shape index (κ3) is 3.91. The van der Waals surface area contributed by atoms with Crippen LogP contribution in [0.5, 0.6) is 0 Å². The van der Waals surface area contributed by atoms with Gasteiger partial charge in [-0.3, -0.25) is 4.79 Å². The maximum atomic E-state index is 12.2. The number of fused-ring (bicyclic) bond motifs is 1.